The minimum atomic E-state index is -0.759. The molecule has 11 heteroatoms. The van der Waals surface area contributed by atoms with Gasteiger partial charge in [-0.25, -0.2) is 4.98 Å². The summed E-state index contributed by atoms with van der Waals surface area (Å²) in [6, 6.07) is 5.15. The van der Waals surface area contributed by atoms with Crippen LogP contribution in [0.25, 0.3) is 0 Å². The van der Waals surface area contributed by atoms with Crippen molar-refractivity contribution in [3.63, 3.8) is 0 Å². The topological polar surface area (TPSA) is 98.7 Å². The number of nitrogens with one attached hydrogen (secondary N) is 2. The molecule has 1 aliphatic rings. The number of likely N-dealkylation sites (tertiary alicyclic amines) is 1. The summed E-state index contributed by atoms with van der Waals surface area (Å²) in [6.45, 7) is 4.81. The summed E-state index contributed by atoms with van der Waals surface area (Å²) in [6.07, 6.45) is 2.73. The number of aliphatic hydroxyl groups is 1. The van der Waals surface area contributed by atoms with Crippen LogP contribution in [0.4, 0.5) is 0 Å². The van der Waals surface area contributed by atoms with Gasteiger partial charge in [0.15, 0.2) is 5.96 Å². The van der Waals surface area contributed by atoms with E-state index in [-0.39, 0.29) is 37.1 Å². The summed E-state index contributed by atoms with van der Waals surface area (Å²) < 4.78 is 5.59. The Kier molecular flexibility index (Phi) is 10.4. The monoisotopic (exact) mass is 568 g/mol. The number of guanidine groups is 1. The van der Waals surface area contributed by atoms with Crippen LogP contribution in [0.2, 0.25) is 10.0 Å². The molecule has 0 spiro atoms. The van der Waals surface area contributed by atoms with E-state index in [1.807, 2.05) is 6.92 Å². The molecule has 0 bridgehead atoms. The lowest BCUT2D eigenvalue weighted by Crippen LogP contribution is -2.45. The van der Waals surface area contributed by atoms with E-state index in [9.17, 15) is 5.11 Å². The molecule has 8 nitrogen and oxygen atoms in total. The molecule has 1 aromatic heterocycles. The van der Waals surface area contributed by atoms with Gasteiger partial charge < -0.3 is 20.1 Å². The molecular formula is C19H27Cl2IN6O2. The van der Waals surface area contributed by atoms with Crippen LogP contribution in [0.15, 0.2) is 29.5 Å². The number of hydrogen-bond donors (Lipinski definition) is 3. The van der Waals surface area contributed by atoms with Crippen LogP contribution in [0.3, 0.4) is 0 Å². The highest BCUT2D eigenvalue weighted by molar-refractivity contribution is 14.0. The Hall–Kier alpha value is -1.30. The molecule has 1 fully saturated rings. The fourth-order valence-electron chi connectivity index (χ4n) is 3.23. The summed E-state index contributed by atoms with van der Waals surface area (Å²) in [5.41, 5.74) is 0. The van der Waals surface area contributed by atoms with E-state index < -0.39 is 6.10 Å². The third-order valence-corrected chi connectivity index (χ3v) is 5.55. The fourth-order valence-corrected chi connectivity index (χ4v) is 3.57. The van der Waals surface area contributed by atoms with Gasteiger partial charge in [-0.15, -0.1) is 24.0 Å². The van der Waals surface area contributed by atoms with Gasteiger partial charge in [0, 0.05) is 25.6 Å². The van der Waals surface area contributed by atoms with Crippen LogP contribution in [0.5, 0.6) is 5.75 Å². The predicted molar refractivity (Wildman–Crippen MR) is 129 cm³/mol. The maximum atomic E-state index is 10.3. The second-order valence-corrected chi connectivity index (χ2v) is 7.63. The molecule has 1 saturated heterocycles. The molecule has 0 aliphatic carbocycles. The average molecular weight is 569 g/mol. The minimum absolute atomic E-state index is 0. The fraction of sp³-hybridized carbons (Fsp3) is 0.526. The number of benzene rings is 1. The molecule has 1 atom stereocenters. The highest BCUT2D eigenvalue weighted by Gasteiger charge is 2.24. The second-order valence-electron chi connectivity index (χ2n) is 6.84. The van der Waals surface area contributed by atoms with Gasteiger partial charge in [0.2, 0.25) is 0 Å². The van der Waals surface area contributed by atoms with Crippen molar-refractivity contribution in [1.29, 1.82) is 0 Å². The lowest BCUT2D eigenvalue weighted by Gasteiger charge is -2.33. The third-order valence-electron chi connectivity index (χ3n) is 4.75. The van der Waals surface area contributed by atoms with Crippen molar-refractivity contribution in [1.82, 2.24) is 25.4 Å². The number of piperidine rings is 1. The molecule has 3 N–H and O–H groups in total. The summed E-state index contributed by atoms with van der Waals surface area (Å²) in [4.78, 5) is 11.1. The molecule has 1 aliphatic heterocycles. The molecular weight excluding hydrogens is 542 g/mol. The zero-order chi connectivity index (χ0) is 20.6. The number of aromatic amines is 1. The summed E-state index contributed by atoms with van der Waals surface area (Å²) >= 11 is 12.1. The Balaban J connectivity index is 0.00000320. The number of aliphatic hydroxyl groups excluding tert-OH is 1. The molecule has 0 amide bonds. The number of ether oxygens (including phenoxy) is 1. The van der Waals surface area contributed by atoms with Gasteiger partial charge in [0.05, 0.1) is 11.6 Å². The van der Waals surface area contributed by atoms with Crippen molar-refractivity contribution in [3.8, 4) is 5.75 Å². The highest BCUT2D eigenvalue weighted by Crippen LogP contribution is 2.31. The van der Waals surface area contributed by atoms with Gasteiger partial charge >= 0.3 is 0 Å². The quantitative estimate of drug-likeness (QED) is 0.269. The van der Waals surface area contributed by atoms with Crippen molar-refractivity contribution < 1.29 is 9.84 Å². The summed E-state index contributed by atoms with van der Waals surface area (Å²) in [5, 5.41) is 21.2. The molecule has 30 heavy (non-hydrogen) atoms. The van der Waals surface area contributed by atoms with Crippen LogP contribution in [0.1, 0.15) is 31.5 Å². The van der Waals surface area contributed by atoms with Crippen molar-refractivity contribution >= 4 is 53.1 Å². The normalized spacial score (nSPS) is 16.1. The van der Waals surface area contributed by atoms with Gasteiger partial charge in [-0.2, -0.15) is 5.10 Å². The smallest absolute Gasteiger partial charge is 0.194 e. The number of H-pyrrole nitrogens is 1. The SMILES string of the molecule is CCNC(=NCC(O)COc1cccc(Cl)c1Cl)N1CCC(c2ncn[nH]2)CC1.I. The van der Waals surface area contributed by atoms with Gasteiger partial charge in [-0.1, -0.05) is 29.3 Å². The van der Waals surface area contributed by atoms with Crippen molar-refractivity contribution in [3.05, 3.63) is 40.4 Å². The lowest BCUT2D eigenvalue weighted by molar-refractivity contribution is 0.114. The standard InChI is InChI=1S/C19H26Cl2N6O2.HI/c1-2-22-19(27-8-6-13(7-9-27)18-24-12-25-26-18)23-10-14(28)11-29-16-5-3-4-15(20)17(16)21;/h3-5,12-14,28H,2,6-11H2,1H3,(H,22,23)(H,24,25,26);1H. The Morgan fingerprint density at radius 1 is 1.40 bits per heavy atom. The van der Waals surface area contributed by atoms with Gasteiger partial charge in [0.1, 0.15) is 35.6 Å². The van der Waals surface area contributed by atoms with E-state index in [0.29, 0.717) is 21.7 Å². The van der Waals surface area contributed by atoms with Crippen molar-refractivity contribution in [2.75, 3.05) is 32.8 Å². The molecule has 2 heterocycles. The molecule has 1 aromatic carbocycles. The Labute approximate surface area is 203 Å². The Bertz CT molecular complexity index is 800. The molecule has 3 rings (SSSR count). The largest absolute Gasteiger partial charge is 0.489 e. The first-order valence-electron chi connectivity index (χ1n) is 9.71. The van der Waals surface area contributed by atoms with E-state index >= 15 is 0 Å². The third kappa shape index (κ3) is 6.86. The molecule has 2 aromatic rings. The van der Waals surface area contributed by atoms with Gasteiger partial charge in [-0.3, -0.25) is 10.1 Å². The summed E-state index contributed by atoms with van der Waals surface area (Å²) in [5.74, 6) is 2.57. The summed E-state index contributed by atoms with van der Waals surface area (Å²) in [7, 11) is 0. The number of rotatable bonds is 7. The lowest BCUT2D eigenvalue weighted by atomic mass is 9.96. The van der Waals surface area contributed by atoms with Crippen LogP contribution >= 0.6 is 47.2 Å². The minimum Gasteiger partial charge on any atom is -0.489 e. The first-order valence-corrected chi connectivity index (χ1v) is 10.5. The zero-order valence-corrected chi connectivity index (χ0v) is 20.6. The average Bonchev–Trinajstić information content (AvgIpc) is 3.27. The van der Waals surface area contributed by atoms with Crippen LogP contribution < -0.4 is 10.1 Å². The van der Waals surface area contributed by atoms with E-state index in [1.54, 1.807) is 24.5 Å². The van der Waals surface area contributed by atoms with E-state index in [1.165, 1.54) is 0 Å². The Morgan fingerprint density at radius 3 is 2.83 bits per heavy atom. The number of aromatic nitrogens is 3. The van der Waals surface area contributed by atoms with Gasteiger partial charge in [-0.05, 0) is 31.9 Å². The predicted octanol–water partition coefficient (Wildman–Crippen LogP) is 3.31. The number of aliphatic imine (C=N–C) groups is 1. The number of halogens is 3. The van der Waals surface area contributed by atoms with E-state index in [0.717, 1.165) is 44.3 Å². The Morgan fingerprint density at radius 2 is 2.17 bits per heavy atom. The molecule has 166 valence electrons. The highest BCUT2D eigenvalue weighted by atomic mass is 127. The van der Waals surface area contributed by atoms with Crippen LogP contribution in [0, 0.1) is 0 Å². The maximum absolute atomic E-state index is 10.3. The molecule has 1 unspecified atom stereocenters. The number of hydrogen-bond acceptors (Lipinski definition) is 5. The van der Waals surface area contributed by atoms with Crippen LogP contribution in [-0.2, 0) is 0 Å². The van der Waals surface area contributed by atoms with Gasteiger partial charge in [0.25, 0.3) is 0 Å². The molecule has 0 saturated carbocycles. The molecule has 0 radical (unpaired) electrons. The van der Waals surface area contributed by atoms with Crippen molar-refractivity contribution in [2.24, 2.45) is 4.99 Å². The van der Waals surface area contributed by atoms with E-state index in [4.69, 9.17) is 27.9 Å². The first-order chi connectivity index (χ1) is 14.1. The van der Waals surface area contributed by atoms with Crippen molar-refractivity contribution in [2.45, 2.75) is 31.8 Å². The van der Waals surface area contributed by atoms with E-state index in [2.05, 4.69) is 30.4 Å². The zero-order valence-electron chi connectivity index (χ0n) is 16.7. The maximum Gasteiger partial charge on any atom is 0.194 e. The first kappa shape index (κ1) is 25.0. The second kappa shape index (κ2) is 12.5. The van der Waals surface area contributed by atoms with Crippen LogP contribution in [-0.4, -0.2) is 70.0 Å². The number of nitrogens with zero attached hydrogens (tertiary/aromatic N) is 4.